The minimum Gasteiger partial charge on any atom is -0.355 e. The molecular weight excluding hydrogens is 329 g/mol. The number of hydrogen-bond acceptors (Lipinski definition) is 4. The molecule has 0 aliphatic carbocycles. The van der Waals surface area contributed by atoms with Crippen molar-refractivity contribution < 1.29 is 4.39 Å². The molecule has 0 amide bonds. The second kappa shape index (κ2) is 6.69. The Hall–Kier alpha value is -2.91. The number of halogens is 2. The van der Waals surface area contributed by atoms with Crippen LogP contribution in [0.4, 0.5) is 10.2 Å². The lowest BCUT2D eigenvalue weighted by Crippen LogP contribution is -2.17. The number of benzene rings is 1. The molecule has 7 heteroatoms. The normalized spacial score (nSPS) is 11.8. The average molecular weight is 342 g/mol. The van der Waals surface area contributed by atoms with E-state index >= 15 is 0 Å². The van der Waals surface area contributed by atoms with Crippen molar-refractivity contribution in [1.82, 2.24) is 14.5 Å². The van der Waals surface area contributed by atoms with Gasteiger partial charge in [0.2, 0.25) is 0 Å². The highest BCUT2D eigenvalue weighted by molar-refractivity contribution is 6.33. The molecule has 3 aromatic rings. The third kappa shape index (κ3) is 3.21. The smallest absolute Gasteiger partial charge is 0.145 e. The zero-order valence-electron chi connectivity index (χ0n) is 12.7. The van der Waals surface area contributed by atoms with E-state index in [1.165, 1.54) is 24.4 Å². The summed E-state index contributed by atoms with van der Waals surface area (Å²) in [6.45, 7) is 0. The summed E-state index contributed by atoms with van der Waals surface area (Å²) in [6.07, 6.45) is 4.94. The van der Waals surface area contributed by atoms with Crippen LogP contribution in [0.15, 0.2) is 48.9 Å². The van der Waals surface area contributed by atoms with Gasteiger partial charge in [0.15, 0.2) is 0 Å². The average Bonchev–Trinajstić information content (AvgIpc) is 3.00. The molecule has 24 heavy (non-hydrogen) atoms. The van der Waals surface area contributed by atoms with Gasteiger partial charge in [0.1, 0.15) is 29.6 Å². The van der Waals surface area contributed by atoms with Crippen LogP contribution in [0, 0.1) is 17.1 Å². The molecule has 2 aromatic heterocycles. The van der Waals surface area contributed by atoms with Crippen molar-refractivity contribution in [2.45, 2.75) is 6.04 Å². The molecule has 1 aromatic carbocycles. The number of nitrogens with zero attached hydrogens (tertiary/aromatic N) is 4. The van der Waals surface area contributed by atoms with E-state index in [4.69, 9.17) is 16.9 Å². The maximum absolute atomic E-state index is 13.2. The summed E-state index contributed by atoms with van der Waals surface area (Å²) in [5.41, 5.74) is 1.19. The highest BCUT2D eigenvalue weighted by Gasteiger charge is 2.20. The topological polar surface area (TPSA) is 66.5 Å². The van der Waals surface area contributed by atoms with Crippen molar-refractivity contribution in [3.63, 3.8) is 0 Å². The third-order valence-corrected chi connectivity index (χ3v) is 3.86. The molecule has 2 heterocycles. The molecule has 0 radical (unpaired) electrons. The van der Waals surface area contributed by atoms with Crippen molar-refractivity contribution in [3.8, 4) is 6.07 Å². The molecular formula is C17H13ClFN5. The Balaban J connectivity index is 2.01. The summed E-state index contributed by atoms with van der Waals surface area (Å²) < 4.78 is 15.1. The molecule has 1 N–H and O–H groups in total. The molecule has 0 unspecified atom stereocenters. The lowest BCUT2D eigenvalue weighted by Gasteiger charge is -2.20. The number of aromatic nitrogens is 3. The van der Waals surface area contributed by atoms with E-state index in [1.54, 1.807) is 18.3 Å². The Bertz CT molecular complexity index is 898. The number of nitriles is 1. The maximum atomic E-state index is 13.2. The number of nitrogens with one attached hydrogen (secondary N) is 1. The van der Waals surface area contributed by atoms with Gasteiger partial charge in [-0.1, -0.05) is 23.7 Å². The van der Waals surface area contributed by atoms with Gasteiger partial charge in [0.05, 0.1) is 10.6 Å². The predicted octanol–water partition coefficient (Wildman–Crippen LogP) is 3.68. The number of imidazole rings is 1. The largest absolute Gasteiger partial charge is 0.355 e. The number of pyridine rings is 1. The number of anilines is 1. The van der Waals surface area contributed by atoms with E-state index in [9.17, 15) is 4.39 Å². The standard InChI is InChI=1S/C17H13ClFN5/c1-24-7-6-21-17(24)15(12-2-4-13(19)5-3-12)23-16-14(18)8-11(9-20)10-22-16/h2-8,10,15H,1H3,(H,22,23)/t15-/m0/s1. The quantitative estimate of drug-likeness (QED) is 0.786. The predicted molar refractivity (Wildman–Crippen MR) is 89.0 cm³/mol. The summed E-state index contributed by atoms with van der Waals surface area (Å²) in [6, 6.07) is 9.30. The summed E-state index contributed by atoms with van der Waals surface area (Å²) in [5.74, 6) is 0.837. The van der Waals surface area contributed by atoms with Crippen molar-refractivity contribution in [1.29, 1.82) is 5.26 Å². The second-order valence-corrected chi connectivity index (χ2v) is 5.60. The molecule has 0 spiro atoms. The van der Waals surface area contributed by atoms with E-state index in [1.807, 2.05) is 23.9 Å². The minimum absolute atomic E-state index is 0.313. The molecule has 120 valence electrons. The van der Waals surface area contributed by atoms with Crippen molar-refractivity contribution in [3.05, 3.63) is 76.7 Å². The van der Waals surface area contributed by atoms with Crippen LogP contribution in [-0.4, -0.2) is 14.5 Å². The molecule has 0 saturated heterocycles. The second-order valence-electron chi connectivity index (χ2n) is 5.19. The molecule has 0 saturated carbocycles. The summed E-state index contributed by atoms with van der Waals surface area (Å²) in [4.78, 5) is 8.55. The molecule has 0 fully saturated rings. The fraction of sp³-hybridized carbons (Fsp3) is 0.118. The number of hydrogen-bond donors (Lipinski definition) is 1. The first kappa shape index (κ1) is 16.0. The van der Waals surface area contributed by atoms with Crippen LogP contribution in [-0.2, 0) is 7.05 Å². The Kier molecular flexibility index (Phi) is 4.45. The van der Waals surface area contributed by atoms with Gasteiger partial charge in [-0.3, -0.25) is 0 Å². The van der Waals surface area contributed by atoms with Gasteiger partial charge in [-0.15, -0.1) is 0 Å². The molecule has 0 aliphatic heterocycles. The summed E-state index contributed by atoms with van der Waals surface area (Å²) in [7, 11) is 1.87. The highest BCUT2D eigenvalue weighted by atomic mass is 35.5. The first-order valence-electron chi connectivity index (χ1n) is 7.13. The number of aryl methyl sites for hydroxylation is 1. The summed E-state index contributed by atoms with van der Waals surface area (Å²) in [5, 5.41) is 12.5. The van der Waals surface area contributed by atoms with Crippen molar-refractivity contribution in [2.24, 2.45) is 7.05 Å². The monoisotopic (exact) mass is 341 g/mol. The van der Waals surface area contributed by atoms with Gasteiger partial charge < -0.3 is 9.88 Å². The molecule has 0 bridgehead atoms. The third-order valence-electron chi connectivity index (χ3n) is 3.57. The van der Waals surface area contributed by atoms with Gasteiger partial charge in [0, 0.05) is 25.6 Å². The van der Waals surface area contributed by atoms with Crippen molar-refractivity contribution >= 4 is 17.4 Å². The Morgan fingerprint density at radius 3 is 2.62 bits per heavy atom. The maximum Gasteiger partial charge on any atom is 0.145 e. The van der Waals surface area contributed by atoms with Crippen LogP contribution < -0.4 is 5.32 Å². The first-order valence-corrected chi connectivity index (χ1v) is 7.51. The Labute approximate surface area is 143 Å². The lowest BCUT2D eigenvalue weighted by molar-refractivity contribution is 0.626. The van der Waals surface area contributed by atoms with E-state index < -0.39 is 0 Å². The zero-order valence-corrected chi connectivity index (χ0v) is 13.5. The van der Waals surface area contributed by atoms with Crippen molar-refractivity contribution in [2.75, 3.05) is 5.32 Å². The molecule has 3 rings (SSSR count). The van der Waals surface area contributed by atoms with Crippen LogP contribution in [0.1, 0.15) is 23.0 Å². The van der Waals surface area contributed by atoms with Gasteiger partial charge in [-0.05, 0) is 23.8 Å². The van der Waals surface area contributed by atoms with Gasteiger partial charge in [0.25, 0.3) is 0 Å². The molecule has 0 aliphatic rings. The molecule has 5 nitrogen and oxygen atoms in total. The Morgan fingerprint density at radius 1 is 1.29 bits per heavy atom. The fourth-order valence-corrected chi connectivity index (χ4v) is 2.57. The zero-order chi connectivity index (χ0) is 17.1. The van der Waals surface area contributed by atoms with E-state index in [-0.39, 0.29) is 11.9 Å². The van der Waals surface area contributed by atoms with Gasteiger partial charge in [-0.25, -0.2) is 14.4 Å². The summed E-state index contributed by atoms with van der Waals surface area (Å²) >= 11 is 6.20. The van der Waals surface area contributed by atoms with Gasteiger partial charge >= 0.3 is 0 Å². The van der Waals surface area contributed by atoms with E-state index in [0.29, 0.717) is 16.4 Å². The SMILES string of the molecule is Cn1ccnc1[C@@H](Nc1ncc(C#N)cc1Cl)c1ccc(F)cc1. The fourth-order valence-electron chi connectivity index (χ4n) is 2.35. The van der Waals surface area contributed by atoms with E-state index in [0.717, 1.165) is 11.4 Å². The van der Waals surface area contributed by atoms with Crippen LogP contribution in [0.3, 0.4) is 0 Å². The molecule has 1 atom stereocenters. The Morgan fingerprint density at radius 2 is 2.04 bits per heavy atom. The number of rotatable bonds is 4. The highest BCUT2D eigenvalue weighted by Crippen LogP contribution is 2.28. The van der Waals surface area contributed by atoms with Crippen LogP contribution in [0.5, 0.6) is 0 Å². The van der Waals surface area contributed by atoms with Crippen LogP contribution in [0.2, 0.25) is 5.02 Å². The lowest BCUT2D eigenvalue weighted by atomic mass is 10.1. The van der Waals surface area contributed by atoms with E-state index in [2.05, 4.69) is 15.3 Å². The van der Waals surface area contributed by atoms with Crippen LogP contribution >= 0.6 is 11.6 Å². The van der Waals surface area contributed by atoms with Gasteiger partial charge in [-0.2, -0.15) is 5.26 Å². The minimum atomic E-state index is -0.372. The van der Waals surface area contributed by atoms with Crippen LogP contribution in [0.25, 0.3) is 0 Å². The first-order chi connectivity index (χ1) is 11.6.